The summed E-state index contributed by atoms with van der Waals surface area (Å²) in [6.45, 7) is 0. The summed E-state index contributed by atoms with van der Waals surface area (Å²) >= 11 is 0. The highest BCUT2D eigenvalue weighted by atomic mass is 35.5. The van der Waals surface area contributed by atoms with Gasteiger partial charge in [-0.2, -0.15) is 0 Å². The lowest BCUT2D eigenvalue weighted by atomic mass is 10.2. The Morgan fingerprint density at radius 2 is 1.83 bits per heavy atom. The van der Waals surface area contributed by atoms with E-state index in [0.717, 1.165) is 0 Å². The van der Waals surface area contributed by atoms with Crippen molar-refractivity contribution in [3.8, 4) is 11.5 Å². The first-order valence-electron chi connectivity index (χ1n) is 5.06. The number of esters is 1. The molecule has 94 valence electrons. The Morgan fingerprint density at radius 1 is 1.11 bits per heavy atom. The van der Waals surface area contributed by atoms with Crippen molar-refractivity contribution < 1.29 is 14.3 Å². The van der Waals surface area contributed by atoms with Crippen molar-refractivity contribution in [2.75, 3.05) is 7.11 Å². The molecule has 0 aliphatic rings. The summed E-state index contributed by atoms with van der Waals surface area (Å²) in [5.74, 6) is 0.705. The largest absolute Gasteiger partial charge is 0.497 e. The van der Waals surface area contributed by atoms with Gasteiger partial charge >= 0.3 is 5.97 Å². The van der Waals surface area contributed by atoms with E-state index in [1.165, 1.54) is 6.20 Å². The lowest BCUT2D eigenvalue weighted by molar-refractivity contribution is 0.0734. The fourth-order valence-corrected chi connectivity index (χ4v) is 1.30. The van der Waals surface area contributed by atoms with Gasteiger partial charge in [-0.15, -0.1) is 12.4 Å². The molecular formula is C13H12ClNO3. The molecule has 0 N–H and O–H groups in total. The standard InChI is InChI=1S/C13H11NO3.ClH/c1-16-11-6-4-10(5-7-11)13(15)17-12-3-2-8-14-9-12;/h2-9H,1H3;1H. The molecule has 0 spiro atoms. The van der Waals surface area contributed by atoms with E-state index in [1.807, 2.05) is 0 Å². The average molecular weight is 266 g/mol. The summed E-state index contributed by atoms with van der Waals surface area (Å²) in [5, 5.41) is 0. The lowest BCUT2D eigenvalue weighted by Crippen LogP contribution is -2.08. The van der Waals surface area contributed by atoms with Crippen molar-refractivity contribution in [1.82, 2.24) is 4.98 Å². The van der Waals surface area contributed by atoms with Crippen LogP contribution in [0.25, 0.3) is 0 Å². The van der Waals surface area contributed by atoms with Gasteiger partial charge in [0.1, 0.15) is 11.5 Å². The number of carbonyl (C=O) groups is 1. The number of carbonyl (C=O) groups excluding carboxylic acids is 1. The molecule has 0 aliphatic carbocycles. The monoisotopic (exact) mass is 265 g/mol. The number of rotatable bonds is 3. The Balaban J connectivity index is 0.00000162. The highest BCUT2D eigenvalue weighted by Gasteiger charge is 2.08. The minimum absolute atomic E-state index is 0. The number of benzene rings is 1. The molecule has 0 saturated carbocycles. The highest BCUT2D eigenvalue weighted by molar-refractivity contribution is 5.91. The first-order valence-corrected chi connectivity index (χ1v) is 5.06. The molecule has 0 saturated heterocycles. The number of nitrogens with zero attached hydrogens (tertiary/aromatic N) is 1. The maximum Gasteiger partial charge on any atom is 0.343 e. The summed E-state index contributed by atoms with van der Waals surface area (Å²) < 4.78 is 10.1. The van der Waals surface area contributed by atoms with Crippen LogP contribution in [0.3, 0.4) is 0 Å². The maximum atomic E-state index is 11.7. The molecule has 18 heavy (non-hydrogen) atoms. The third kappa shape index (κ3) is 3.46. The van der Waals surface area contributed by atoms with E-state index in [9.17, 15) is 4.79 Å². The van der Waals surface area contributed by atoms with Crippen LogP contribution in [0, 0.1) is 0 Å². The van der Waals surface area contributed by atoms with Crippen molar-refractivity contribution >= 4 is 18.4 Å². The van der Waals surface area contributed by atoms with Crippen LogP contribution in [0.5, 0.6) is 11.5 Å². The predicted molar refractivity (Wildman–Crippen MR) is 69.4 cm³/mol. The van der Waals surface area contributed by atoms with E-state index >= 15 is 0 Å². The number of methoxy groups -OCH3 is 1. The van der Waals surface area contributed by atoms with Crippen LogP contribution in [0.15, 0.2) is 48.8 Å². The second kappa shape index (κ2) is 6.61. The summed E-state index contributed by atoms with van der Waals surface area (Å²) in [6, 6.07) is 10.1. The number of halogens is 1. The normalized spacial score (nSPS) is 9.17. The number of ether oxygens (including phenoxy) is 2. The van der Waals surface area contributed by atoms with Gasteiger partial charge in [0, 0.05) is 6.20 Å². The van der Waals surface area contributed by atoms with Crippen LogP contribution < -0.4 is 9.47 Å². The van der Waals surface area contributed by atoms with E-state index in [1.54, 1.807) is 49.7 Å². The van der Waals surface area contributed by atoms with Gasteiger partial charge in [-0.25, -0.2) is 4.79 Å². The topological polar surface area (TPSA) is 48.4 Å². The molecule has 0 bridgehead atoms. The molecule has 0 amide bonds. The van der Waals surface area contributed by atoms with E-state index in [2.05, 4.69) is 4.98 Å². The van der Waals surface area contributed by atoms with Crippen LogP contribution in [-0.4, -0.2) is 18.1 Å². The molecule has 0 fully saturated rings. The smallest absolute Gasteiger partial charge is 0.343 e. The minimum Gasteiger partial charge on any atom is -0.497 e. The molecule has 0 aliphatic heterocycles. The molecule has 4 nitrogen and oxygen atoms in total. The summed E-state index contributed by atoms with van der Waals surface area (Å²) in [7, 11) is 1.57. The van der Waals surface area contributed by atoms with Gasteiger partial charge < -0.3 is 9.47 Å². The average Bonchev–Trinajstić information content (AvgIpc) is 2.40. The van der Waals surface area contributed by atoms with Gasteiger partial charge in [0.15, 0.2) is 0 Å². The summed E-state index contributed by atoms with van der Waals surface area (Å²) in [6.07, 6.45) is 3.10. The van der Waals surface area contributed by atoms with Crippen LogP contribution >= 0.6 is 12.4 Å². The van der Waals surface area contributed by atoms with Crippen LogP contribution in [0.1, 0.15) is 10.4 Å². The van der Waals surface area contributed by atoms with Crippen LogP contribution in [0.2, 0.25) is 0 Å². The zero-order valence-electron chi connectivity index (χ0n) is 9.70. The van der Waals surface area contributed by atoms with Gasteiger partial charge in [-0.05, 0) is 36.4 Å². The van der Waals surface area contributed by atoms with Crippen molar-refractivity contribution in [3.05, 3.63) is 54.4 Å². The molecule has 1 aromatic heterocycles. The third-order valence-corrected chi connectivity index (χ3v) is 2.17. The fourth-order valence-electron chi connectivity index (χ4n) is 1.30. The van der Waals surface area contributed by atoms with Crippen molar-refractivity contribution in [2.45, 2.75) is 0 Å². The molecule has 2 rings (SSSR count). The second-order valence-corrected chi connectivity index (χ2v) is 3.31. The molecule has 2 aromatic rings. The Bertz CT molecular complexity index is 499. The second-order valence-electron chi connectivity index (χ2n) is 3.31. The molecule has 1 aromatic carbocycles. The Hall–Kier alpha value is -2.07. The minimum atomic E-state index is -0.416. The fraction of sp³-hybridized carbons (Fsp3) is 0.0769. The zero-order chi connectivity index (χ0) is 12.1. The maximum absolute atomic E-state index is 11.7. The van der Waals surface area contributed by atoms with E-state index in [4.69, 9.17) is 9.47 Å². The van der Waals surface area contributed by atoms with Crippen LogP contribution in [-0.2, 0) is 0 Å². The number of pyridine rings is 1. The molecule has 0 radical (unpaired) electrons. The lowest BCUT2D eigenvalue weighted by Gasteiger charge is -2.04. The number of hydrogen-bond acceptors (Lipinski definition) is 4. The number of aromatic nitrogens is 1. The summed E-state index contributed by atoms with van der Waals surface area (Å²) in [5.41, 5.74) is 0.467. The van der Waals surface area contributed by atoms with Crippen LogP contribution in [0.4, 0.5) is 0 Å². The van der Waals surface area contributed by atoms with E-state index in [0.29, 0.717) is 17.1 Å². The van der Waals surface area contributed by atoms with Crippen molar-refractivity contribution in [3.63, 3.8) is 0 Å². The molecular weight excluding hydrogens is 254 g/mol. The van der Waals surface area contributed by atoms with Crippen molar-refractivity contribution in [2.24, 2.45) is 0 Å². The third-order valence-electron chi connectivity index (χ3n) is 2.17. The highest BCUT2D eigenvalue weighted by Crippen LogP contribution is 2.14. The van der Waals surface area contributed by atoms with Gasteiger partial charge in [-0.3, -0.25) is 4.98 Å². The van der Waals surface area contributed by atoms with E-state index < -0.39 is 5.97 Å². The number of hydrogen-bond donors (Lipinski definition) is 0. The molecule has 1 heterocycles. The molecule has 5 heteroatoms. The zero-order valence-corrected chi connectivity index (χ0v) is 10.5. The first kappa shape index (κ1) is 14.0. The predicted octanol–water partition coefficient (Wildman–Crippen LogP) is 2.73. The first-order chi connectivity index (χ1) is 8.29. The van der Waals surface area contributed by atoms with Gasteiger partial charge in [-0.1, -0.05) is 0 Å². The molecule has 0 unspecified atom stereocenters. The van der Waals surface area contributed by atoms with E-state index in [-0.39, 0.29) is 12.4 Å². The van der Waals surface area contributed by atoms with Crippen molar-refractivity contribution in [1.29, 1.82) is 0 Å². The van der Waals surface area contributed by atoms with Gasteiger partial charge in [0.05, 0.1) is 18.9 Å². The Morgan fingerprint density at radius 3 is 2.39 bits per heavy atom. The summed E-state index contributed by atoms with van der Waals surface area (Å²) in [4.78, 5) is 15.6. The van der Waals surface area contributed by atoms with Gasteiger partial charge in [0.25, 0.3) is 0 Å². The Kier molecular flexibility index (Phi) is 5.14. The van der Waals surface area contributed by atoms with Gasteiger partial charge in [0.2, 0.25) is 0 Å². The SMILES string of the molecule is COc1ccc(C(=O)Oc2cccnc2)cc1.Cl. The molecule has 0 atom stereocenters. The quantitative estimate of drug-likeness (QED) is 0.801. The Labute approximate surface area is 111 Å².